The van der Waals surface area contributed by atoms with Crippen LogP contribution in [0, 0.1) is 0 Å². The van der Waals surface area contributed by atoms with Gasteiger partial charge in [0.15, 0.2) is 23.9 Å². The maximum Gasteiger partial charge on any atom is 0.303 e. The molecule has 0 radical (unpaired) electrons. The van der Waals surface area contributed by atoms with E-state index in [0.29, 0.717) is 5.69 Å². The lowest BCUT2D eigenvalue weighted by Gasteiger charge is -2.44. The van der Waals surface area contributed by atoms with E-state index in [9.17, 15) is 33.9 Å². The van der Waals surface area contributed by atoms with Crippen LogP contribution in [-0.4, -0.2) is 77.8 Å². The summed E-state index contributed by atoms with van der Waals surface area (Å²) in [6, 6.07) is 15.8. The van der Waals surface area contributed by atoms with E-state index in [1.165, 1.54) is 4.90 Å². The number of ether oxygens (including phenoxy) is 5. The average molecular weight is 626 g/mol. The van der Waals surface area contributed by atoms with E-state index in [1.54, 1.807) is 24.3 Å². The first kappa shape index (κ1) is 33.3. The van der Waals surface area contributed by atoms with Crippen molar-refractivity contribution in [2.45, 2.75) is 83.2 Å². The number of esters is 4. The van der Waals surface area contributed by atoms with Crippen molar-refractivity contribution < 1.29 is 57.6 Å². The van der Waals surface area contributed by atoms with E-state index in [-0.39, 0.29) is 12.1 Å². The van der Waals surface area contributed by atoms with Crippen molar-refractivity contribution in [1.82, 2.24) is 0 Å². The fraction of sp³-hybridized carbons (Fsp3) is 0.438. The predicted octanol–water partition coefficient (Wildman–Crippen LogP) is 1.90. The summed E-state index contributed by atoms with van der Waals surface area (Å²) in [6.45, 7) is 4.13. The Bertz CT molecular complexity index is 1460. The number of anilines is 1. The van der Waals surface area contributed by atoms with E-state index >= 15 is 0 Å². The number of rotatable bonds is 11. The molecule has 0 saturated carbocycles. The molecule has 1 fully saturated rings. The second-order valence-electron chi connectivity index (χ2n) is 10.9. The summed E-state index contributed by atoms with van der Waals surface area (Å²) in [5, 5.41) is 11.8. The maximum atomic E-state index is 13.7. The quantitative estimate of drug-likeness (QED) is 0.284. The van der Waals surface area contributed by atoms with Crippen molar-refractivity contribution in [3.8, 4) is 0 Å². The molecule has 2 aliphatic heterocycles. The first-order valence-electron chi connectivity index (χ1n) is 14.3. The molecule has 0 spiro atoms. The van der Waals surface area contributed by atoms with E-state index in [0.717, 1.165) is 33.3 Å². The topological polar surface area (TPSA) is 172 Å². The van der Waals surface area contributed by atoms with Crippen molar-refractivity contribution in [1.29, 1.82) is 0 Å². The molecule has 1 N–H and O–H groups in total. The summed E-state index contributed by atoms with van der Waals surface area (Å²) < 4.78 is 27.3. The minimum absolute atomic E-state index is 0.160. The average Bonchev–Trinajstić information content (AvgIpc) is 3.16. The minimum Gasteiger partial charge on any atom is -0.463 e. The third kappa shape index (κ3) is 7.73. The molecule has 0 bridgehead atoms. The van der Waals surface area contributed by atoms with Gasteiger partial charge < -0.3 is 33.7 Å². The Balaban J connectivity index is 1.63. The number of nitrogens with zero attached hydrogens (tertiary/aromatic N) is 1. The highest BCUT2D eigenvalue weighted by molar-refractivity contribution is 6.08. The second-order valence-corrected chi connectivity index (χ2v) is 10.9. The van der Waals surface area contributed by atoms with Crippen LogP contribution in [-0.2, 0) is 64.6 Å². The van der Waals surface area contributed by atoms with Gasteiger partial charge in [0.25, 0.3) is 5.91 Å². The molecule has 45 heavy (non-hydrogen) atoms. The van der Waals surface area contributed by atoms with E-state index in [1.807, 2.05) is 30.3 Å². The number of amides is 1. The standard InChI is InChI=1S/C32H35NO12/c1-18(34)41-17-27-29(43-20(3)36)30(44-21(4)37)28(42-19(2)35)26(45-27)14-23(38)15-32(40)24-12-8-9-13-25(24)33(31(32)39)16-22-10-6-5-7-11-22/h5-13,26-30,40H,14-17H2,1-4H3/t26-,27+,28-,29+,30+,32?/m0/s1. The van der Waals surface area contributed by atoms with Gasteiger partial charge in [-0.3, -0.25) is 28.8 Å². The number of hydrogen-bond acceptors (Lipinski definition) is 12. The monoisotopic (exact) mass is 625 g/mol. The largest absolute Gasteiger partial charge is 0.463 e. The minimum atomic E-state index is -2.21. The number of benzene rings is 2. The Labute approximate surface area is 259 Å². The molecule has 2 heterocycles. The molecule has 1 unspecified atom stereocenters. The molecule has 13 heteroatoms. The number of carbonyl (C=O) groups excluding carboxylic acids is 6. The summed E-state index contributed by atoms with van der Waals surface area (Å²) >= 11 is 0. The lowest BCUT2D eigenvalue weighted by Crippen LogP contribution is -2.62. The van der Waals surface area contributed by atoms with Gasteiger partial charge in [0, 0.05) is 46.1 Å². The van der Waals surface area contributed by atoms with Crippen LogP contribution >= 0.6 is 0 Å². The van der Waals surface area contributed by atoms with Crippen LogP contribution in [0.4, 0.5) is 5.69 Å². The molecule has 0 aliphatic carbocycles. The SMILES string of the molecule is CC(=O)OC[C@H]1O[C@@H](CC(=O)CC2(O)C(=O)N(Cc3ccccc3)c3ccccc32)[C@H](OC(C)=O)[C@@H](OC(C)=O)[C@@H]1OC(C)=O. The fourth-order valence-corrected chi connectivity index (χ4v) is 5.66. The van der Waals surface area contributed by atoms with Gasteiger partial charge in [-0.2, -0.15) is 0 Å². The summed E-state index contributed by atoms with van der Waals surface area (Å²) in [7, 11) is 0. The van der Waals surface area contributed by atoms with Gasteiger partial charge in [-0.25, -0.2) is 0 Å². The number of aliphatic hydroxyl groups is 1. The first-order valence-corrected chi connectivity index (χ1v) is 14.3. The number of carbonyl (C=O) groups is 6. The number of para-hydroxylation sites is 1. The lowest BCUT2D eigenvalue weighted by molar-refractivity contribution is -0.252. The highest BCUT2D eigenvalue weighted by Gasteiger charge is 2.54. The molecule has 2 aromatic rings. The van der Waals surface area contributed by atoms with Crippen molar-refractivity contribution in [2.24, 2.45) is 0 Å². The molecule has 1 saturated heterocycles. The molecule has 4 rings (SSSR count). The molecular formula is C32H35NO12. The number of ketones is 1. The smallest absolute Gasteiger partial charge is 0.303 e. The van der Waals surface area contributed by atoms with Gasteiger partial charge in [-0.05, 0) is 11.6 Å². The van der Waals surface area contributed by atoms with Crippen molar-refractivity contribution >= 4 is 41.3 Å². The molecule has 2 aliphatic rings. The van der Waals surface area contributed by atoms with Gasteiger partial charge in [-0.1, -0.05) is 48.5 Å². The Kier molecular flexibility index (Phi) is 10.3. The Morgan fingerprint density at radius 3 is 1.93 bits per heavy atom. The normalized spacial score (nSPS) is 25.6. The lowest BCUT2D eigenvalue weighted by atomic mass is 9.86. The summed E-state index contributed by atoms with van der Waals surface area (Å²) in [5.41, 5.74) is -0.690. The van der Waals surface area contributed by atoms with Crippen LogP contribution < -0.4 is 4.90 Å². The Morgan fingerprint density at radius 1 is 0.778 bits per heavy atom. The second kappa shape index (κ2) is 14.0. The van der Waals surface area contributed by atoms with Crippen molar-refractivity contribution in [3.05, 3.63) is 65.7 Å². The third-order valence-electron chi connectivity index (χ3n) is 7.39. The van der Waals surface area contributed by atoms with E-state index in [4.69, 9.17) is 23.7 Å². The van der Waals surface area contributed by atoms with Gasteiger partial charge in [-0.15, -0.1) is 0 Å². The fourth-order valence-electron chi connectivity index (χ4n) is 5.66. The highest BCUT2D eigenvalue weighted by atomic mass is 16.7. The van der Waals surface area contributed by atoms with Gasteiger partial charge in [0.05, 0.1) is 12.2 Å². The molecule has 1 amide bonds. The highest BCUT2D eigenvalue weighted by Crippen LogP contribution is 2.43. The summed E-state index contributed by atoms with van der Waals surface area (Å²) in [4.78, 5) is 76.6. The van der Waals surface area contributed by atoms with Crippen molar-refractivity contribution in [2.75, 3.05) is 11.5 Å². The molecule has 2 aromatic carbocycles. The number of hydrogen-bond donors (Lipinski definition) is 1. The molecule has 0 aromatic heterocycles. The Morgan fingerprint density at radius 2 is 1.33 bits per heavy atom. The first-order chi connectivity index (χ1) is 21.3. The Hall–Kier alpha value is -4.62. The maximum absolute atomic E-state index is 13.7. The zero-order chi connectivity index (χ0) is 32.9. The van der Waals surface area contributed by atoms with Crippen LogP contribution in [0.3, 0.4) is 0 Å². The van der Waals surface area contributed by atoms with E-state index in [2.05, 4.69) is 0 Å². The summed E-state index contributed by atoms with van der Waals surface area (Å²) in [6.07, 6.45) is -7.97. The zero-order valence-corrected chi connectivity index (χ0v) is 25.3. The zero-order valence-electron chi connectivity index (χ0n) is 25.3. The number of Topliss-reactive ketones (excluding diaryl/α,β-unsaturated/α-hetero) is 1. The van der Waals surface area contributed by atoms with Crippen LogP contribution in [0.25, 0.3) is 0 Å². The molecule has 240 valence electrons. The van der Waals surface area contributed by atoms with Crippen LogP contribution in [0.5, 0.6) is 0 Å². The predicted molar refractivity (Wildman–Crippen MR) is 154 cm³/mol. The molecule has 13 nitrogen and oxygen atoms in total. The van der Waals surface area contributed by atoms with Gasteiger partial charge in [0.2, 0.25) is 0 Å². The summed E-state index contributed by atoms with van der Waals surface area (Å²) in [5.74, 6) is -4.43. The number of fused-ring (bicyclic) bond motifs is 1. The van der Waals surface area contributed by atoms with Gasteiger partial charge >= 0.3 is 23.9 Å². The van der Waals surface area contributed by atoms with Crippen LogP contribution in [0.1, 0.15) is 51.7 Å². The third-order valence-corrected chi connectivity index (χ3v) is 7.39. The van der Waals surface area contributed by atoms with Crippen LogP contribution in [0.2, 0.25) is 0 Å². The van der Waals surface area contributed by atoms with E-state index < -0.39 is 91.1 Å². The van der Waals surface area contributed by atoms with Crippen molar-refractivity contribution in [3.63, 3.8) is 0 Å². The van der Waals surface area contributed by atoms with Crippen LogP contribution in [0.15, 0.2) is 54.6 Å². The molecular weight excluding hydrogens is 590 g/mol. The van der Waals surface area contributed by atoms with Gasteiger partial charge in [0.1, 0.15) is 24.6 Å². The molecule has 6 atom stereocenters.